The van der Waals surface area contributed by atoms with Gasteiger partial charge in [0.25, 0.3) is 0 Å². The van der Waals surface area contributed by atoms with E-state index in [-0.39, 0.29) is 0 Å². The molecule has 0 fully saturated rings. The SMILES string of the molecule is CC(O)Cc1nc(Cc2ccc(Cl)cc2)no1. The van der Waals surface area contributed by atoms with Crippen LogP contribution in [-0.4, -0.2) is 21.4 Å². The Kier molecular flexibility index (Phi) is 3.76. The Morgan fingerprint density at radius 3 is 2.71 bits per heavy atom. The number of hydrogen-bond donors (Lipinski definition) is 1. The molecule has 17 heavy (non-hydrogen) atoms. The molecule has 1 aromatic carbocycles. The standard InChI is InChI=1S/C12H13ClN2O2/c1-8(16)6-12-14-11(15-17-12)7-9-2-4-10(13)5-3-9/h2-5,8,16H,6-7H2,1H3. The van der Waals surface area contributed by atoms with Gasteiger partial charge in [-0.3, -0.25) is 0 Å². The maximum absolute atomic E-state index is 9.19. The van der Waals surface area contributed by atoms with E-state index in [2.05, 4.69) is 10.1 Å². The minimum absolute atomic E-state index is 0.383. The first-order valence-corrected chi connectivity index (χ1v) is 5.75. The number of nitrogens with zero attached hydrogens (tertiary/aromatic N) is 2. The monoisotopic (exact) mass is 252 g/mol. The van der Waals surface area contributed by atoms with E-state index in [1.165, 1.54) is 0 Å². The zero-order valence-corrected chi connectivity index (χ0v) is 10.2. The summed E-state index contributed by atoms with van der Waals surface area (Å²) in [5.74, 6) is 1.08. The van der Waals surface area contributed by atoms with Gasteiger partial charge in [-0.15, -0.1) is 0 Å². The molecule has 1 unspecified atom stereocenters. The van der Waals surface area contributed by atoms with Crippen LogP contribution in [0.3, 0.4) is 0 Å². The lowest BCUT2D eigenvalue weighted by Gasteiger charge is -1.97. The molecule has 1 heterocycles. The highest BCUT2D eigenvalue weighted by atomic mass is 35.5. The summed E-state index contributed by atoms with van der Waals surface area (Å²) in [6.07, 6.45) is 0.507. The summed E-state index contributed by atoms with van der Waals surface area (Å²) in [7, 11) is 0. The Balaban J connectivity index is 2.03. The quantitative estimate of drug-likeness (QED) is 0.907. The molecule has 0 saturated carbocycles. The number of aliphatic hydroxyl groups is 1. The van der Waals surface area contributed by atoms with Gasteiger partial charge in [-0.2, -0.15) is 4.98 Å². The number of benzene rings is 1. The van der Waals surface area contributed by atoms with Crippen molar-refractivity contribution >= 4 is 11.6 Å². The predicted molar refractivity (Wildman–Crippen MR) is 63.9 cm³/mol. The molecule has 1 N–H and O–H groups in total. The van der Waals surface area contributed by atoms with Crippen LogP contribution in [0.15, 0.2) is 28.8 Å². The van der Waals surface area contributed by atoms with Crippen LogP contribution in [-0.2, 0) is 12.8 Å². The highest BCUT2D eigenvalue weighted by Gasteiger charge is 2.09. The van der Waals surface area contributed by atoms with Crippen molar-refractivity contribution in [2.24, 2.45) is 0 Å². The lowest BCUT2D eigenvalue weighted by molar-refractivity contribution is 0.181. The molecule has 0 aliphatic heterocycles. The number of aliphatic hydroxyl groups excluding tert-OH is 1. The first-order chi connectivity index (χ1) is 8.13. The Morgan fingerprint density at radius 2 is 2.06 bits per heavy atom. The third-order valence-electron chi connectivity index (χ3n) is 2.26. The van der Waals surface area contributed by atoms with Gasteiger partial charge in [-0.25, -0.2) is 0 Å². The second-order valence-corrected chi connectivity index (χ2v) is 4.40. The lowest BCUT2D eigenvalue weighted by atomic mass is 10.1. The van der Waals surface area contributed by atoms with E-state index in [9.17, 15) is 5.11 Å². The van der Waals surface area contributed by atoms with Crippen molar-refractivity contribution in [1.82, 2.24) is 10.1 Å². The topological polar surface area (TPSA) is 59.2 Å². The maximum Gasteiger partial charge on any atom is 0.229 e. The van der Waals surface area contributed by atoms with Crippen LogP contribution in [0.25, 0.3) is 0 Å². The van der Waals surface area contributed by atoms with E-state index in [4.69, 9.17) is 16.1 Å². The summed E-state index contributed by atoms with van der Waals surface area (Å²) < 4.78 is 5.02. The summed E-state index contributed by atoms with van der Waals surface area (Å²) in [6, 6.07) is 7.50. The van der Waals surface area contributed by atoms with Gasteiger partial charge in [0, 0.05) is 11.4 Å². The molecule has 0 bridgehead atoms. The third kappa shape index (κ3) is 3.54. The Bertz CT molecular complexity index is 480. The molecule has 1 atom stereocenters. The fourth-order valence-corrected chi connectivity index (χ4v) is 1.61. The van der Waals surface area contributed by atoms with Crippen LogP contribution in [0.2, 0.25) is 5.02 Å². The smallest absolute Gasteiger partial charge is 0.229 e. The van der Waals surface area contributed by atoms with E-state index >= 15 is 0 Å². The third-order valence-corrected chi connectivity index (χ3v) is 2.51. The molecule has 0 radical (unpaired) electrons. The van der Waals surface area contributed by atoms with Gasteiger partial charge in [0.2, 0.25) is 5.89 Å². The van der Waals surface area contributed by atoms with Crippen molar-refractivity contribution in [3.63, 3.8) is 0 Å². The van der Waals surface area contributed by atoms with Crippen molar-refractivity contribution < 1.29 is 9.63 Å². The van der Waals surface area contributed by atoms with Crippen LogP contribution in [0.4, 0.5) is 0 Å². The van der Waals surface area contributed by atoms with Crippen LogP contribution in [0, 0.1) is 0 Å². The van der Waals surface area contributed by atoms with E-state index < -0.39 is 6.10 Å². The first kappa shape index (κ1) is 12.1. The molecule has 90 valence electrons. The molecule has 5 heteroatoms. The Morgan fingerprint density at radius 1 is 1.35 bits per heavy atom. The van der Waals surface area contributed by atoms with Crippen molar-refractivity contribution in [3.05, 3.63) is 46.6 Å². The summed E-state index contributed by atoms with van der Waals surface area (Å²) in [5, 5.41) is 13.8. The van der Waals surface area contributed by atoms with Gasteiger partial charge < -0.3 is 9.63 Å². The van der Waals surface area contributed by atoms with E-state index in [0.717, 1.165) is 5.56 Å². The average molecular weight is 253 g/mol. The first-order valence-electron chi connectivity index (χ1n) is 5.37. The maximum atomic E-state index is 9.19. The zero-order valence-electron chi connectivity index (χ0n) is 9.43. The van der Waals surface area contributed by atoms with Crippen LogP contribution >= 0.6 is 11.6 Å². The van der Waals surface area contributed by atoms with Gasteiger partial charge in [-0.05, 0) is 24.6 Å². The van der Waals surface area contributed by atoms with E-state index in [1.54, 1.807) is 6.92 Å². The molecule has 1 aromatic heterocycles. The normalized spacial score (nSPS) is 12.6. The van der Waals surface area contributed by atoms with Crippen LogP contribution in [0.1, 0.15) is 24.2 Å². The number of hydrogen-bond acceptors (Lipinski definition) is 4. The van der Waals surface area contributed by atoms with E-state index in [0.29, 0.717) is 29.6 Å². The summed E-state index contributed by atoms with van der Waals surface area (Å²) >= 11 is 5.80. The molecule has 2 aromatic rings. The Labute approximate surface area is 104 Å². The molecule has 4 nitrogen and oxygen atoms in total. The molecular formula is C12H13ClN2O2. The van der Waals surface area contributed by atoms with Crippen LogP contribution in [0.5, 0.6) is 0 Å². The molecule has 0 amide bonds. The number of aromatic nitrogens is 2. The molecule has 0 aliphatic rings. The number of rotatable bonds is 4. The molecule has 0 spiro atoms. The minimum Gasteiger partial charge on any atom is -0.393 e. The summed E-state index contributed by atoms with van der Waals surface area (Å²) in [6.45, 7) is 1.68. The van der Waals surface area contributed by atoms with Gasteiger partial charge in [0.1, 0.15) is 0 Å². The van der Waals surface area contributed by atoms with Crippen LogP contribution < -0.4 is 0 Å². The second-order valence-electron chi connectivity index (χ2n) is 3.96. The lowest BCUT2D eigenvalue weighted by Crippen LogP contribution is -2.04. The minimum atomic E-state index is -0.473. The zero-order chi connectivity index (χ0) is 12.3. The van der Waals surface area contributed by atoms with E-state index in [1.807, 2.05) is 24.3 Å². The second kappa shape index (κ2) is 5.29. The van der Waals surface area contributed by atoms with Crippen molar-refractivity contribution in [2.75, 3.05) is 0 Å². The van der Waals surface area contributed by atoms with Crippen molar-refractivity contribution in [3.8, 4) is 0 Å². The molecule has 2 rings (SSSR count). The van der Waals surface area contributed by atoms with Gasteiger partial charge in [0.15, 0.2) is 5.82 Å². The highest BCUT2D eigenvalue weighted by molar-refractivity contribution is 6.30. The molecule has 0 aliphatic carbocycles. The molecule has 0 saturated heterocycles. The van der Waals surface area contributed by atoms with Crippen molar-refractivity contribution in [2.45, 2.75) is 25.9 Å². The molecular weight excluding hydrogens is 240 g/mol. The fourth-order valence-electron chi connectivity index (χ4n) is 1.48. The fraction of sp³-hybridized carbons (Fsp3) is 0.333. The summed E-state index contributed by atoms with van der Waals surface area (Å²) in [5.41, 5.74) is 1.07. The van der Waals surface area contributed by atoms with Crippen molar-refractivity contribution in [1.29, 1.82) is 0 Å². The van der Waals surface area contributed by atoms with Gasteiger partial charge >= 0.3 is 0 Å². The Hall–Kier alpha value is -1.39. The number of halogens is 1. The predicted octanol–water partition coefficient (Wildman–Crippen LogP) is 2.24. The average Bonchev–Trinajstić information content (AvgIpc) is 2.68. The summed E-state index contributed by atoms with van der Waals surface area (Å²) in [4.78, 5) is 4.20. The largest absolute Gasteiger partial charge is 0.393 e. The highest BCUT2D eigenvalue weighted by Crippen LogP contribution is 2.12. The van der Waals surface area contributed by atoms with Gasteiger partial charge in [-0.1, -0.05) is 28.9 Å². The van der Waals surface area contributed by atoms with Gasteiger partial charge in [0.05, 0.1) is 12.5 Å².